The molecule has 0 unspecified atom stereocenters. The minimum Gasteiger partial charge on any atom is -0.497 e. The van der Waals surface area contributed by atoms with Gasteiger partial charge in [0, 0.05) is 5.02 Å². The molecule has 0 saturated heterocycles. The van der Waals surface area contributed by atoms with Crippen LogP contribution < -0.4 is 9.47 Å². The molecule has 0 fully saturated rings. The summed E-state index contributed by atoms with van der Waals surface area (Å²) in [5.41, 5.74) is 0.898. The van der Waals surface area contributed by atoms with E-state index in [1.165, 1.54) is 11.3 Å². The van der Waals surface area contributed by atoms with Gasteiger partial charge in [0.15, 0.2) is 0 Å². The maximum atomic E-state index is 5.83. The molecule has 0 saturated carbocycles. The van der Waals surface area contributed by atoms with Crippen LogP contribution in [-0.4, -0.2) is 12.1 Å². The van der Waals surface area contributed by atoms with Gasteiger partial charge in [-0.2, -0.15) is 0 Å². The fourth-order valence-electron chi connectivity index (χ4n) is 1.66. The smallest absolute Gasteiger partial charge is 0.279 e. The predicted molar refractivity (Wildman–Crippen MR) is 77.7 cm³/mol. The highest BCUT2D eigenvalue weighted by molar-refractivity contribution is 7.20. The molecule has 2 aromatic carbocycles. The van der Waals surface area contributed by atoms with E-state index in [2.05, 4.69) is 4.98 Å². The minimum atomic E-state index is 0.602. The lowest BCUT2D eigenvalue weighted by Crippen LogP contribution is -1.82. The van der Waals surface area contributed by atoms with Crippen LogP contribution in [0.4, 0.5) is 0 Å². The van der Waals surface area contributed by atoms with Crippen LogP contribution in [-0.2, 0) is 0 Å². The lowest BCUT2D eigenvalue weighted by atomic mass is 10.3. The Bertz CT molecular complexity index is 709. The van der Waals surface area contributed by atoms with Crippen LogP contribution in [0, 0.1) is 0 Å². The van der Waals surface area contributed by atoms with Crippen LogP contribution in [0.15, 0.2) is 42.5 Å². The summed E-state index contributed by atoms with van der Waals surface area (Å²) in [4.78, 5) is 4.41. The Morgan fingerprint density at radius 1 is 1.05 bits per heavy atom. The fourth-order valence-corrected chi connectivity index (χ4v) is 2.65. The molecule has 0 atom stereocenters. The Hall–Kier alpha value is -1.78. The summed E-state index contributed by atoms with van der Waals surface area (Å²) in [5.74, 6) is 1.53. The van der Waals surface area contributed by atoms with E-state index in [1.54, 1.807) is 19.2 Å². The van der Waals surface area contributed by atoms with Crippen molar-refractivity contribution in [1.82, 2.24) is 4.98 Å². The number of hydrogen-bond donors (Lipinski definition) is 0. The first-order valence-corrected chi connectivity index (χ1v) is 6.82. The number of fused-ring (bicyclic) bond motifs is 1. The zero-order valence-electron chi connectivity index (χ0n) is 10.1. The number of benzene rings is 2. The van der Waals surface area contributed by atoms with Crippen LogP contribution >= 0.6 is 22.9 Å². The number of ether oxygens (including phenoxy) is 2. The molecule has 19 heavy (non-hydrogen) atoms. The first kappa shape index (κ1) is 12.3. The van der Waals surface area contributed by atoms with E-state index in [4.69, 9.17) is 21.1 Å². The third-order valence-corrected chi connectivity index (χ3v) is 3.74. The average Bonchev–Trinajstić information content (AvgIpc) is 2.82. The zero-order valence-corrected chi connectivity index (χ0v) is 11.7. The monoisotopic (exact) mass is 291 g/mol. The third-order valence-electron chi connectivity index (χ3n) is 2.59. The van der Waals surface area contributed by atoms with E-state index in [0.29, 0.717) is 10.2 Å². The molecule has 0 radical (unpaired) electrons. The largest absolute Gasteiger partial charge is 0.497 e. The van der Waals surface area contributed by atoms with E-state index in [9.17, 15) is 0 Å². The van der Waals surface area contributed by atoms with Gasteiger partial charge in [-0.05, 0) is 42.5 Å². The standard InChI is InChI=1S/C14H10ClNO2S/c1-17-11-6-7-12-13(8-11)19-14(16-12)18-10-4-2-9(15)3-5-10/h2-8H,1H3. The molecule has 0 aliphatic rings. The number of aromatic nitrogens is 1. The van der Waals surface area contributed by atoms with E-state index >= 15 is 0 Å². The van der Waals surface area contributed by atoms with Crippen LogP contribution in [0.2, 0.25) is 5.02 Å². The highest BCUT2D eigenvalue weighted by atomic mass is 35.5. The van der Waals surface area contributed by atoms with Gasteiger partial charge >= 0.3 is 0 Å². The lowest BCUT2D eigenvalue weighted by Gasteiger charge is -2.00. The third kappa shape index (κ3) is 2.64. The van der Waals surface area contributed by atoms with Gasteiger partial charge in [0.25, 0.3) is 5.19 Å². The molecule has 1 heterocycles. The maximum absolute atomic E-state index is 5.83. The molecule has 3 aromatic rings. The number of rotatable bonds is 3. The van der Waals surface area contributed by atoms with Crippen molar-refractivity contribution >= 4 is 33.2 Å². The quantitative estimate of drug-likeness (QED) is 0.698. The normalized spacial score (nSPS) is 10.6. The van der Waals surface area contributed by atoms with Gasteiger partial charge in [-0.3, -0.25) is 0 Å². The van der Waals surface area contributed by atoms with Crippen molar-refractivity contribution in [2.45, 2.75) is 0 Å². The summed E-state index contributed by atoms with van der Waals surface area (Å²) in [5, 5.41) is 1.28. The van der Waals surface area contributed by atoms with Gasteiger partial charge in [0.2, 0.25) is 0 Å². The second-order valence-electron chi connectivity index (χ2n) is 3.87. The minimum absolute atomic E-state index is 0.602. The summed E-state index contributed by atoms with van der Waals surface area (Å²) in [6, 6.07) is 12.9. The van der Waals surface area contributed by atoms with Crippen molar-refractivity contribution in [3.05, 3.63) is 47.5 Å². The Morgan fingerprint density at radius 2 is 1.79 bits per heavy atom. The summed E-state index contributed by atoms with van der Waals surface area (Å²) >= 11 is 7.31. The first-order valence-electron chi connectivity index (χ1n) is 5.62. The summed E-state index contributed by atoms with van der Waals surface area (Å²) in [6.45, 7) is 0. The topological polar surface area (TPSA) is 31.4 Å². The zero-order chi connectivity index (χ0) is 13.2. The summed E-state index contributed by atoms with van der Waals surface area (Å²) in [6.07, 6.45) is 0. The molecular weight excluding hydrogens is 282 g/mol. The van der Waals surface area contributed by atoms with Gasteiger partial charge in [-0.25, -0.2) is 4.98 Å². The van der Waals surface area contributed by atoms with Crippen molar-refractivity contribution < 1.29 is 9.47 Å². The number of nitrogens with zero attached hydrogens (tertiary/aromatic N) is 1. The average molecular weight is 292 g/mol. The second-order valence-corrected chi connectivity index (χ2v) is 5.30. The van der Waals surface area contributed by atoms with Crippen LogP contribution in [0.3, 0.4) is 0 Å². The number of thiazole rings is 1. The molecule has 1 aromatic heterocycles. The first-order chi connectivity index (χ1) is 9.24. The molecule has 3 rings (SSSR count). The molecule has 0 spiro atoms. The maximum Gasteiger partial charge on any atom is 0.279 e. The molecule has 96 valence electrons. The Balaban J connectivity index is 1.90. The second kappa shape index (κ2) is 5.07. The van der Waals surface area contributed by atoms with E-state index in [-0.39, 0.29) is 0 Å². The van der Waals surface area contributed by atoms with Crippen molar-refractivity contribution in [2.75, 3.05) is 7.11 Å². The Kier molecular flexibility index (Phi) is 3.27. The van der Waals surface area contributed by atoms with E-state index < -0.39 is 0 Å². The summed E-state index contributed by atoms with van der Waals surface area (Å²) < 4.78 is 11.9. The van der Waals surface area contributed by atoms with Gasteiger partial charge in [0.1, 0.15) is 11.5 Å². The summed E-state index contributed by atoms with van der Waals surface area (Å²) in [7, 11) is 1.65. The SMILES string of the molecule is COc1ccc2nc(Oc3ccc(Cl)cc3)sc2c1. The lowest BCUT2D eigenvalue weighted by molar-refractivity contribution is 0.415. The van der Waals surface area contributed by atoms with Crippen molar-refractivity contribution in [2.24, 2.45) is 0 Å². The van der Waals surface area contributed by atoms with Crippen LogP contribution in [0.25, 0.3) is 10.2 Å². The molecule has 3 nitrogen and oxygen atoms in total. The Morgan fingerprint density at radius 3 is 2.53 bits per heavy atom. The van der Waals surface area contributed by atoms with Crippen LogP contribution in [0.5, 0.6) is 16.7 Å². The number of methoxy groups -OCH3 is 1. The van der Waals surface area contributed by atoms with Crippen LogP contribution in [0.1, 0.15) is 0 Å². The van der Waals surface area contributed by atoms with Crippen molar-refractivity contribution in [1.29, 1.82) is 0 Å². The highest BCUT2D eigenvalue weighted by Gasteiger charge is 2.07. The Labute approximate surface area is 119 Å². The van der Waals surface area contributed by atoms with Gasteiger partial charge in [-0.1, -0.05) is 22.9 Å². The van der Waals surface area contributed by atoms with E-state index in [0.717, 1.165) is 21.7 Å². The molecule has 0 amide bonds. The molecular formula is C14H10ClNO2S. The fraction of sp³-hybridized carbons (Fsp3) is 0.0714. The number of hydrogen-bond acceptors (Lipinski definition) is 4. The van der Waals surface area contributed by atoms with E-state index in [1.807, 2.05) is 30.3 Å². The van der Waals surface area contributed by atoms with Crippen molar-refractivity contribution in [3.8, 4) is 16.7 Å². The predicted octanol–water partition coefficient (Wildman–Crippen LogP) is 4.75. The highest BCUT2D eigenvalue weighted by Crippen LogP contribution is 2.33. The molecule has 0 aliphatic heterocycles. The van der Waals surface area contributed by atoms with Gasteiger partial charge < -0.3 is 9.47 Å². The molecule has 0 bridgehead atoms. The van der Waals surface area contributed by atoms with Gasteiger partial charge in [-0.15, -0.1) is 0 Å². The molecule has 0 aliphatic carbocycles. The molecule has 0 N–H and O–H groups in total. The molecule has 5 heteroatoms. The van der Waals surface area contributed by atoms with Crippen molar-refractivity contribution in [3.63, 3.8) is 0 Å². The van der Waals surface area contributed by atoms with Gasteiger partial charge in [0.05, 0.1) is 17.3 Å². The number of halogens is 1.